The topological polar surface area (TPSA) is 99.2 Å². The molecule has 1 N–H and O–H groups in total. The molecule has 2 aromatic carbocycles. The van der Waals surface area contributed by atoms with Crippen LogP contribution in [-0.4, -0.2) is 27.8 Å². The first-order valence-electron chi connectivity index (χ1n) is 9.76. The number of nitrogens with one attached hydrogen (secondary N) is 1. The third-order valence-corrected chi connectivity index (χ3v) is 5.09. The van der Waals surface area contributed by atoms with Crippen molar-refractivity contribution in [3.63, 3.8) is 0 Å². The molecule has 4 aromatic rings. The summed E-state index contributed by atoms with van der Waals surface area (Å²) in [4.78, 5) is 29.1. The first-order chi connectivity index (χ1) is 14.9. The summed E-state index contributed by atoms with van der Waals surface area (Å²) in [6, 6.07) is 11.1. The van der Waals surface area contributed by atoms with E-state index in [9.17, 15) is 9.59 Å². The minimum atomic E-state index is -0.518. The molecule has 8 nitrogen and oxygen atoms in total. The van der Waals surface area contributed by atoms with E-state index in [-0.39, 0.29) is 12.3 Å². The normalized spacial score (nSPS) is 10.9. The van der Waals surface area contributed by atoms with Gasteiger partial charge in [-0.15, -0.1) is 0 Å². The van der Waals surface area contributed by atoms with Crippen molar-refractivity contribution in [3.05, 3.63) is 81.7 Å². The van der Waals surface area contributed by atoms with Crippen LogP contribution in [0.1, 0.15) is 22.3 Å². The van der Waals surface area contributed by atoms with Gasteiger partial charge in [-0.3, -0.25) is 4.79 Å². The van der Waals surface area contributed by atoms with E-state index in [1.165, 1.54) is 6.33 Å². The number of carbonyl (C=O) groups excluding carboxylic acids is 1. The number of benzene rings is 2. The number of hydrogen-bond acceptors (Lipinski definition) is 6. The molecule has 0 aliphatic rings. The molecular weight excluding hydrogens is 396 g/mol. The number of aryl methyl sites for hydroxylation is 2. The summed E-state index contributed by atoms with van der Waals surface area (Å²) >= 11 is 0. The lowest BCUT2D eigenvalue weighted by molar-refractivity contribution is -0.115. The second-order valence-electron chi connectivity index (χ2n) is 7.35. The summed E-state index contributed by atoms with van der Waals surface area (Å²) in [7, 11) is 1.57. The van der Waals surface area contributed by atoms with E-state index >= 15 is 0 Å². The average molecular weight is 418 g/mol. The molecule has 2 aromatic heterocycles. The zero-order chi connectivity index (χ0) is 22.0. The Balaban J connectivity index is 1.53. The van der Waals surface area contributed by atoms with E-state index in [0.29, 0.717) is 40.1 Å². The van der Waals surface area contributed by atoms with Crippen molar-refractivity contribution >= 4 is 22.6 Å². The molecule has 0 spiro atoms. The maximum atomic E-state index is 12.6. The lowest BCUT2D eigenvalue weighted by Gasteiger charge is -2.12. The third kappa shape index (κ3) is 4.32. The van der Waals surface area contributed by atoms with Crippen LogP contribution < -0.4 is 15.7 Å². The van der Waals surface area contributed by atoms with Crippen LogP contribution in [-0.2, 0) is 17.8 Å². The van der Waals surface area contributed by atoms with Crippen LogP contribution in [0.15, 0.2) is 58.3 Å². The number of nitrogens with zero attached hydrogens (tertiary/aromatic N) is 3. The third-order valence-electron chi connectivity index (χ3n) is 5.09. The smallest absolute Gasteiger partial charge is 0.340 e. The standard InChI is InChI=1S/C23H22N4O4/c1-14-8-19(30-3)22-15(2)18(23(29)31-20(22)9-14)10-21(28)26-17-6-4-16(5-7-17)11-27-13-24-12-25-27/h4-9,12-13H,10-11H2,1-3H3,(H,26,28). The number of anilines is 1. The number of ether oxygens (including phenoxy) is 1. The molecule has 0 aliphatic heterocycles. The highest BCUT2D eigenvalue weighted by Crippen LogP contribution is 2.30. The molecule has 8 heteroatoms. The maximum absolute atomic E-state index is 12.6. The van der Waals surface area contributed by atoms with Gasteiger partial charge in [0.15, 0.2) is 0 Å². The first-order valence-corrected chi connectivity index (χ1v) is 9.76. The molecular formula is C23H22N4O4. The average Bonchev–Trinajstić information content (AvgIpc) is 3.24. The van der Waals surface area contributed by atoms with Gasteiger partial charge in [0.1, 0.15) is 24.0 Å². The van der Waals surface area contributed by atoms with Crippen LogP contribution in [0.25, 0.3) is 11.0 Å². The highest BCUT2D eigenvalue weighted by atomic mass is 16.5. The lowest BCUT2D eigenvalue weighted by atomic mass is 10.0. The van der Waals surface area contributed by atoms with Crippen LogP contribution in [0.2, 0.25) is 0 Å². The van der Waals surface area contributed by atoms with Gasteiger partial charge in [-0.25, -0.2) is 14.5 Å². The van der Waals surface area contributed by atoms with Crippen LogP contribution in [0.4, 0.5) is 5.69 Å². The molecule has 0 unspecified atom stereocenters. The van der Waals surface area contributed by atoms with Crippen molar-refractivity contribution < 1.29 is 13.9 Å². The van der Waals surface area contributed by atoms with Gasteiger partial charge < -0.3 is 14.5 Å². The Labute approximate surface area is 178 Å². The van der Waals surface area contributed by atoms with Crippen LogP contribution >= 0.6 is 0 Å². The molecule has 2 heterocycles. The monoisotopic (exact) mass is 418 g/mol. The lowest BCUT2D eigenvalue weighted by Crippen LogP contribution is -2.20. The summed E-state index contributed by atoms with van der Waals surface area (Å²) in [6.07, 6.45) is 3.03. The largest absolute Gasteiger partial charge is 0.496 e. The Morgan fingerprint density at radius 1 is 1.19 bits per heavy atom. The number of hydrogen-bond donors (Lipinski definition) is 1. The molecule has 31 heavy (non-hydrogen) atoms. The number of amides is 1. The van der Waals surface area contributed by atoms with E-state index in [1.54, 1.807) is 31.1 Å². The summed E-state index contributed by atoms with van der Waals surface area (Å²) < 4.78 is 12.7. The minimum Gasteiger partial charge on any atom is -0.496 e. The van der Waals surface area contributed by atoms with Gasteiger partial charge in [0.25, 0.3) is 0 Å². The van der Waals surface area contributed by atoms with Crippen molar-refractivity contribution in [3.8, 4) is 5.75 Å². The van der Waals surface area contributed by atoms with E-state index in [0.717, 1.165) is 11.1 Å². The fourth-order valence-electron chi connectivity index (χ4n) is 3.56. The van der Waals surface area contributed by atoms with Gasteiger partial charge >= 0.3 is 5.63 Å². The summed E-state index contributed by atoms with van der Waals surface area (Å²) in [5.74, 6) is 0.311. The van der Waals surface area contributed by atoms with E-state index in [4.69, 9.17) is 9.15 Å². The Morgan fingerprint density at radius 3 is 2.65 bits per heavy atom. The molecule has 0 saturated heterocycles. The Hall–Kier alpha value is -3.94. The number of carbonyl (C=O) groups is 1. The fraction of sp³-hybridized carbons (Fsp3) is 0.217. The molecule has 0 bridgehead atoms. The zero-order valence-electron chi connectivity index (χ0n) is 17.5. The number of rotatable bonds is 6. The minimum absolute atomic E-state index is 0.0954. The summed E-state index contributed by atoms with van der Waals surface area (Å²) in [6.45, 7) is 4.29. The Bertz CT molecular complexity index is 1290. The van der Waals surface area contributed by atoms with Crippen molar-refractivity contribution in [2.24, 2.45) is 0 Å². The van der Waals surface area contributed by atoms with Crippen molar-refractivity contribution in [2.75, 3.05) is 12.4 Å². The second-order valence-corrected chi connectivity index (χ2v) is 7.35. The van der Waals surface area contributed by atoms with Crippen molar-refractivity contribution in [2.45, 2.75) is 26.8 Å². The predicted octanol–water partition coefficient (Wildman–Crippen LogP) is 3.24. The SMILES string of the molecule is COc1cc(C)cc2oc(=O)c(CC(=O)Nc3ccc(Cn4cncn4)cc3)c(C)c12. The van der Waals surface area contributed by atoms with Crippen LogP contribution in [0, 0.1) is 13.8 Å². The highest BCUT2D eigenvalue weighted by Gasteiger charge is 2.18. The number of methoxy groups -OCH3 is 1. The van der Waals surface area contributed by atoms with Crippen molar-refractivity contribution in [1.29, 1.82) is 0 Å². The van der Waals surface area contributed by atoms with Crippen LogP contribution in [0.3, 0.4) is 0 Å². The van der Waals surface area contributed by atoms with Gasteiger partial charge in [-0.1, -0.05) is 12.1 Å². The van der Waals surface area contributed by atoms with Gasteiger partial charge in [0, 0.05) is 5.69 Å². The summed E-state index contributed by atoms with van der Waals surface area (Å²) in [5, 5.41) is 7.61. The molecule has 4 rings (SSSR count). The van der Waals surface area contributed by atoms with Gasteiger partial charge in [-0.05, 0) is 54.8 Å². The maximum Gasteiger partial charge on any atom is 0.340 e. The fourth-order valence-corrected chi connectivity index (χ4v) is 3.56. The molecule has 158 valence electrons. The second kappa shape index (κ2) is 8.43. The molecule has 0 atom stereocenters. The highest BCUT2D eigenvalue weighted by molar-refractivity contribution is 5.94. The predicted molar refractivity (Wildman–Crippen MR) is 116 cm³/mol. The number of fused-ring (bicyclic) bond motifs is 1. The van der Waals surface area contributed by atoms with Gasteiger partial charge in [0.05, 0.1) is 31.0 Å². The quantitative estimate of drug-likeness (QED) is 0.483. The molecule has 0 saturated carbocycles. The molecule has 1 amide bonds. The molecule has 0 fully saturated rings. The number of aromatic nitrogens is 3. The van der Waals surface area contributed by atoms with Gasteiger partial charge in [0.2, 0.25) is 5.91 Å². The first kappa shape index (κ1) is 20.3. The van der Waals surface area contributed by atoms with E-state index in [2.05, 4.69) is 15.4 Å². The van der Waals surface area contributed by atoms with E-state index in [1.807, 2.05) is 37.3 Å². The molecule has 0 aliphatic carbocycles. The Morgan fingerprint density at radius 2 is 1.97 bits per heavy atom. The summed E-state index contributed by atoms with van der Waals surface area (Å²) in [5.41, 5.74) is 3.52. The van der Waals surface area contributed by atoms with Gasteiger partial charge in [-0.2, -0.15) is 5.10 Å². The van der Waals surface area contributed by atoms with Crippen LogP contribution in [0.5, 0.6) is 5.75 Å². The van der Waals surface area contributed by atoms with Crippen molar-refractivity contribution in [1.82, 2.24) is 14.8 Å². The Kier molecular flexibility index (Phi) is 5.53. The molecule has 0 radical (unpaired) electrons. The zero-order valence-corrected chi connectivity index (χ0v) is 17.5. The van der Waals surface area contributed by atoms with E-state index < -0.39 is 5.63 Å².